The molecule has 7 heteroatoms. The Balaban J connectivity index is 1.95. The molecule has 1 fully saturated rings. The van der Waals surface area contributed by atoms with Crippen LogP contribution in [0.5, 0.6) is 0 Å². The minimum absolute atomic E-state index is 0.0275. The third-order valence-corrected chi connectivity index (χ3v) is 4.86. The number of benzene rings is 1. The molecular formula is C19H21ClN4O2. The van der Waals surface area contributed by atoms with Crippen molar-refractivity contribution in [3.05, 3.63) is 34.9 Å². The summed E-state index contributed by atoms with van der Waals surface area (Å²) < 4.78 is 0. The number of halogens is 1. The maximum absolute atomic E-state index is 12.7. The van der Waals surface area contributed by atoms with Crippen LogP contribution in [-0.4, -0.2) is 47.8 Å². The lowest BCUT2D eigenvalue weighted by Crippen LogP contribution is -2.45. The predicted molar refractivity (Wildman–Crippen MR) is 97.1 cm³/mol. The van der Waals surface area contributed by atoms with Crippen LogP contribution in [0.1, 0.15) is 36.0 Å². The molecule has 0 saturated carbocycles. The van der Waals surface area contributed by atoms with Crippen LogP contribution in [0.3, 0.4) is 0 Å². The molecule has 1 aromatic carbocycles. The summed E-state index contributed by atoms with van der Waals surface area (Å²) in [6.45, 7) is 1.67. The molecule has 2 amide bonds. The second kappa shape index (κ2) is 9.79. The Kier molecular flexibility index (Phi) is 7.44. The summed E-state index contributed by atoms with van der Waals surface area (Å²) >= 11 is 6.10. The Labute approximate surface area is 158 Å². The molecule has 1 aliphatic rings. The molecule has 0 aliphatic carbocycles. The van der Waals surface area contributed by atoms with E-state index >= 15 is 0 Å². The van der Waals surface area contributed by atoms with Crippen molar-refractivity contribution in [2.75, 3.05) is 26.2 Å². The minimum Gasteiger partial charge on any atom is -0.340 e. The molecule has 0 bridgehead atoms. The van der Waals surface area contributed by atoms with Crippen LogP contribution in [0.15, 0.2) is 24.3 Å². The first-order valence-electron chi connectivity index (χ1n) is 8.65. The van der Waals surface area contributed by atoms with Crippen molar-refractivity contribution in [1.82, 2.24) is 9.80 Å². The number of rotatable bonds is 6. The number of carbonyl (C=O) groups is 2. The van der Waals surface area contributed by atoms with Crippen LogP contribution in [0, 0.1) is 28.6 Å². The van der Waals surface area contributed by atoms with Gasteiger partial charge in [0.15, 0.2) is 0 Å². The third kappa shape index (κ3) is 4.97. The number of nitriles is 2. The van der Waals surface area contributed by atoms with E-state index in [4.69, 9.17) is 22.1 Å². The van der Waals surface area contributed by atoms with Crippen LogP contribution < -0.4 is 0 Å². The Morgan fingerprint density at radius 1 is 1.12 bits per heavy atom. The monoisotopic (exact) mass is 372 g/mol. The van der Waals surface area contributed by atoms with Crippen LogP contribution in [0.4, 0.5) is 0 Å². The average molecular weight is 373 g/mol. The van der Waals surface area contributed by atoms with Crippen LogP contribution in [-0.2, 0) is 4.79 Å². The fourth-order valence-electron chi connectivity index (χ4n) is 3.09. The first-order valence-corrected chi connectivity index (χ1v) is 9.02. The summed E-state index contributed by atoms with van der Waals surface area (Å²) in [6.07, 6.45) is 1.65. The topological polar surface area (TPSA) is 88.2 Å². The lowest BCUT2D eigenvalue weighted by Gasteiger charge is -2.34. The molecule has 1 aromatic rings. The van der Waals surface area contributed by atoms with Crippen LogP contribution >= 0.6 is 11.6 Å². The number of amides is 2. The lowest BCUT2D eigenvalue weighted by molar-refractivity contribution is -0.136. The second-order valence-corrected chi connectivity index (χ2v) is 6.60. The zero-order valence-corrected chi connectivity index (χ0v) is 15.3. The molecule has 0 unspecified atom stereocenters. The molecule has 26 heavy (non-hydrogen) atoms. The van der Waals surface area contributed by atoms with E-state index in [0.717, 1.165) is 0 Å². The quantitative estimate of drug-likeness (QED) is 0.768. The molecule has 0 aromatic heterocycles. The van der Waals surface area contributed by atoms with Gasteiger partial charge in [-0.25, -0.2) is 0 Å². The highest BCUT2D eigenvalue weighted by Gasteiger charge is 2.30. The predicted octanol–water partition coefficient (Wildman–Crippen LogP) is 2.85. The van der Waals surface area contributed by atoms with E-state index in [9.17, 15) is 9.59 Å². The van der Waals surface area contributed by atoms with Gasteiger partial charge < -0.3 is 9.80 Å². The molecule has 1 saturated heterocycles. The van der Waals surface area contributed by atoms with Crippen molar-refractivity contribution < 1.29 is 9.59 Å². The van der Waals surface area contributed by atoms with Gasteiger partial charge in [-0.2, -0.15) is 10.5 Å². The number of likely N-dealkylation sites (tertiary alicyclic amines) is 1. The van der Waals surface area contributed by atoms with E-state index in [1.807, 2.05) is 12.1 Å². The first kappa shape index (κ1) is 19.8. The highest BCUT2D eigenvalue weighted by molar-refractivity contribution is 6.33. The van der Waals surface area contributed by atoms with Gasteiger partial charge in [0.2, 0.25) is 5.91 Å². The van der Waals surface area contributed by atoms with E-state index in [2.05, 4.69) is 0 Å². The SMILES string of the molecule is N#CCCN(CCC#N)C(=O)C1CCN(C(=O)c2ccccc2Cl)CC1. The Morgan fingerprint density at radius 2 is 1.69 bits per heavy atom. The summed E-state index contributed by atoms with van der Waals surface area (Å²) in [5.74, 6) is -0.324. The molecule has 2 rings (SSSR count). The summed E-state index contributed by atoms with van der Waals surface area (Å²) in [4.78, 5) is 28.6. The molecular weight excluding hydrogens is 352 g/mol. The van der Waals surface area contributed by atoms with E-state index in [1.54, 1.807) is 34.1 Å². The van der Waals surface area contributed by atoms with Gasteiger partial charge in [-0.1, -0.05) is 23.7 Å². The van der Waals surface area contributed by atoms with Gasteiger partial charge in [0.05, 0.1) is 35.6 Å². The van der Waals surface area contributed by atoms with E-state index < -0.39 is 0 Å². The lowest BCUT2D eigenvalue weighted by atomic mass is 9.94. The summed E-state index contributed by atoms with van der Waals surface area (Å²) in [5.41, 5.74) is 0.476. The normalized spacial score (nSPS) is 14.3. The standard InChI is InChI=1S/C19H21ClN4O2/c20-17-6-2-1-5-16(17)19(26)24-13-7-15(8-14-24)18(25)23(11-3-9-21)12-4-10-22/h1-2,5-6,15H,3-4,7-8,11-14H2. The van der Waals surface area contributed by atoms with Gasteiger partial charge in [0.25, 0.3) is 5.91 Å². The summed E-state index contributed by atoms with van der Waals surface area (Å²) in [6, 6.07) is 11.0. The summed E-state index contributed by atoms with van der Waals surface area (Å²) in [5, 5.41) is 17.9. The van der Waals surface area contributed by atoms with E-state index in [0.29, 0.717) is 49.6 Å². The molecule has 1 heterocycles. The van der Waals surface area contributed by atoms with Crippen molar-refractivity contribution in [1.29, 1.82) is 10.5 Å². The van der Waals surface area contributed by atoms with Crippen LogP contribution in [0.2, 0.25) is 5.02 Å². The molecule has 0 atom stereocenters. The largest absolute Gasteiger partial charge is 0.340 e. The maximum atomic E-state index is 12.7. The van der Waals surface area contributed by atoms with E-state index in [-0.39, 0.29) is 30.6 Å². The molecule has 136 valence electrons. The maximum Gasteiger partial charge on any atom is 0.255 e. The van der Waals surface area contributed by atoms with Gasteiger partial charge in [0, 0.05) is 32.1 Å². The van der Waals surface area contributed by atoms with Crippen molar-refractivity contribution in [2.24, 2.45) is 5.92 Å². The molecule has 1 aliphatic heterocycles. The number of hydrogen-bond donors (Lipinski definition) is 0. The van der Waals surface area contributed by atoms with Crippen molar-refractivity contribution in [2.45, 2.75) is 25.7 Å². The van der Waals surface area contributed by atoms with Crippen molar-refractivity contribution in [3.8, 4) is 12.1 Å². The minimum atomic E-state index is -0.178. The molecule has 0 spiro atoms. The van der Waals surface area contributed by atoms with Gasteiger partial charge in [-0.05, 0) is 25.0 Å². The van der Waals surface area contributed by atoms with Gasteiger partial charge in [0.1, 0.15) is 0 Å². The average Bonchev–Trinajstić information content (AvgIpc) is 2.67. The zero-order valence-electron chi connectivity index (χ0n) is 14.5. The van der Waals surface area contributed by atoms with Gasteiger partial charge in [-0.15, -0.1) is 0 Å². The second-order valence-electron chi connectivity index (χ2n) is 6.19. The van der Waals surface area contributed by atoms with Crippen molar-refractivity contribution >= 4 is 23.4 Å². The number of nitrogens with zero attached hydrogens (tertiary/aromatic N) is 4. The Hall–Kier alpha value is -2.57. The molecule has 6 nitrogen and oxygen atoms in total. The fourth-order valence-corrected chi connectivity index (χ4v) is 3.31. The van der Waals surface area contributed by atoms with Crippen LogP contribution in [0.25, 0.3) is 0 Å². The fraction of sp³-hybridized carbons (Fsp3) is 0.474. The zero-order chi connectivity index (χ0) is 18.9. The molecule has 0 radical (unpaired) electrons. The number of hydrogen-bond acceptors (Lipinski definition) is 4. The highest BCUT2D eigenvalue weighted by Crippen LogP contribution is 2.24. The Bertz CT molecular complexity index is 712. The molecule has 0 N–H and O–H groups in total. The number of piperidine rings is 1. The highest BCUT2D eigenvalue weighted by atomic mass is 35.5. The van der Waals surface area contributed by atoms with Crippen molar-refractivity contribution in [3.63, 3.8) is 0 Å². The first-order chi connectivity index (χ1) is 12.6. The van der Waals surface area contributed by atoms with E-state index in [1.165, 1.54) is 0 Å². The number of carbonyl (C=O) groups excluding carboxylic acids is 2. The Morgan fingerprint density at radius 3 is 2.23 bits per heavy atom. The van der Waals surface area contributed by atoms with Gasteiger partial charge in [-0.3, -0.25) is 9.59 Å². The third-order valence-electron chi connectivity index (χ3n) is 4.53. The van der Waals surface area contributed by atoms with Gasteiger partial charge >= 0.3 is 0 Å². The smallest absolute Gasteiger partial charge is 0.255 e. The summed E-state index contributed by atoms with van der Waals surface area (Å²) in [7, 11) is 0.